The zero-order valence-electron chi connectivity index (χ0n) is 29.8. The van der Waals surface area contributed by atoms with Crippen LogP contribution in [-0.2, 0) is 4.79 Å². The van der Waals surface area contributed by atoms with E-state index in [1.165, 1.54) is 64.0 Å². The molecule has 2 unspecified atom stereocenters. The van der Waals surface area contributed by atoms with Gasteiger partial charge in [0.15, 0.2) is 0 Å². The average molecular weight is 724 g/mol. The number of nitriles is 1. The number of carbonyl (C=O) groups excluding carboxylic acids is 1. The third kappa shape index (κ3) is 10.4. The SMILES string of the molecule is CCOc1cc2ncc(C#N)c(Nc3ccc(OCC4CC5(CCCCCCCCC5)CC(Cl)N4)c(Cl)c3)c2cc1NC(=O)CCCN(C)C. The first-order chi connectivity index (χ1) is 24.2. The van der Waals surface area contributed by atoms with E-state index in [1.54, 1.807) is 12.1 Å². The number of anilines is 3. The Morgan fingerprint density at radius 1 is 1.06 bits per heavy atom. The van der Waals surface area contributed by atoms with Gasteiger partial charge in [0.2, 0.25) is 5.91 Å². The summed E-state index contributed by atoms with van der Waals surface area (Å²) in [6.45, 7) is 3.61. The Labute approximate surface area is 307 Å². The molecule has 2 fully saturated rings. The van der Waals surface area contributed by atoms with Crippen LogP contribution in [0.3, 0.4) is 0 Å². The summed E-state index contributed by atoms with van der Waals surface area (Å²) in [5, 5.41) is 21.1. The summed E-state index contributed by atoms with van der Waals surface area (Å²) in [5.41, 5.74) is 2.96. The highest BCUT2D eigenvalue weighted by atomic mass is 35.5. The van der Waals surface area contributed by atoms with Crippen LogP contribution >= 0.6 is 23.2 Å². The Morgan fingerprint density at radius 2 is 1.80 bits per heavy atom. The minimum absolute atomic E-state index is 0.0617. The van der Waals surface area contributed by atoms with Crippen molar-refractivity contribution in [2.45, 2.75) is 102 Å². The lowest BCUT2D eigenvalue weighted by Gasteiger charge is -2.44. The lowest BCUT2D eigenvalue weighted by Crippen LogP contribution is -2.50. The van der Waals surface area contributed by atoms with Crippen molar-refractivity contribution in [2.24, 2.45) is 5.41 Å². The molecule has 2 aromatic carbocycles. The number of fused-ring (bicyclic) bond motifs is 1. The van der Waals surface area contributed by atoms with E-state index < -0.39 is 0 Å². The standard InChI is InChI=1S/C39H52Cl2N6O3/c1-4-49-35-21-32-30(20-33(35)46-37(48)13-12-18-47(2)3)38(27(24-42)25-43-32)45-28-14-15-34(31(40)19-28)50-26-29-22-39(23-36(41)44-29)16-10-8-6-5-7-9-11-17-39/h14-15,19-21,25,29,36,44H,4-13,16-18,22-23,26H2,1-3H3,(H,43,45)(H,46,48). The molecule has 2 atom stereocenters. The molecule has 2 heterocycles. The minimum Gasteiger partial charge on any atom is -0.492 e. The Bertz CT molecular complexity index is 1630. The topological polar surface area (TPSA) is 112 Å². The average Bonchev–Trinajstić information content (AvgIpc) is 3.07. The summed E-state index contributed by atoms with van der Waals surface area (Å²) in [6.07, 6.45) is 16.4. The molecule has 270 valence electrons. The second-order valence-corrected chi connectivity index (χ2v) is 15.1. The molecule has 1 saturated heterocycles. The molecule has 1 aromatic heterocycles. The molecule has 0 radical (unpaired) electrons. The monoisotopic (exact) mass is 722 g/mol. The van der Waals surface area contributed by atoms with Crippen LogP contribution < -0.4 is 25.4 Å². The molecular weight excluding hydrogens is 671 g/mol. The fraction of sp³-hybridized carbons (Fsp3) is 0.564. The molecule has 11 heteroatoms. The second kappa shape index (κ2) is 18.3. The van der Waals surface area contributed by atoms with Crippen LogP contribution in [-0.4, -0.2) is 61.2 Å². The number of alkyl halides is 1. The number of pyridine rings is 1. The maximum absolute atomic E-state index is 12.8. The number of hydrogen-bond donors (Lipinski definition) is 3. The highest BCUT2D eigenvalue weighted by Crippen LogP contribution is 2.45. The van der Waals surface area contributed by atoms with Crippen molar-refractivity contribution in [2.75, 3.05) is 44.5 Å². The highest BCUT2D eigenvalue weighted by molar-refractivity contribution is 6.32. The van der Waals surface area contributed by atoms with Gasteiger partial charge in [-0.2, -0.15) is 5.26 Å². The molecule has 1 saturated carbocycles. The van der Waals surface area contributed by atoms with Crippen LogP contribution in [0.4, 0.5) is 17.1 Å². The first-order valence-electron chi connectivity index (χ1n) is 18.2. The Kier molecular flexibility index (Phi) is 13.9. The predicted octanol–water partition coefficient (Wildman–Crippen LogP) is 9.39. The van der Waals surface area contributed by atoms with Gasteiger partial charge >= 0.3 is 0 Å². The van der Waals surface area contributed by atoms with Gasteiger partial charge in [0, 0.05) is 35.8 Å². The quantitative estimate of drug-likeness (QED) is 0.125. The first kappa shape index (κ1) is 38.0. The summed E-state index contributed by atoms with van der Waals surface area (Å²) in [4.78, 5) is 19.4. The van der Waals surface area contributed by atoms with Gasteiger partial charge in [-0.1, -0.05) is 56.5 Å². The van der Waals surface area contributed by atoms with Gasteiger partial charge in [-0.05, 0) is 89.3 Å². The third-order valence-corrected chi connectivity index (χ3v) is 10.5. The van der Waals surface area contributed by atoms with Gasteiger partial charge in [0.05, 0.1) is 39.6 Å². The number of rotatable bonds is 12. The lowest BCUT2D eigenvalue weighted by molar-refractivity contribution is -0.116. The maximum atomic E-state index is 12.8. The number of benzene rings is 2. The largest absolute Gasteiger partial charge is 0.492 e. The van der Waals surface area contributed by atoms with Gasteiger partial charge < -0.3 is 25.0 Å². The number of hydrogen-bond acceptors (Lipinski definition) is 8. The maximum Gasteiger partial charge on any atom is 0.224 e. The van der Waals surface area contributed by atoms with E-state index in [0.29, 0.717) is 69.7 Å². The number of piperidine rings is 1. The molecule has 2 aliphatic rings. The lowest BCUT2D eigenvalue weighted by atomic mass is 9.69. The number of carbonyl (C=O) groups is 1. The predicted molar refractivity (Wildman–Crippen MR) is 204 cm³/mol. The zero-order valence-corrected chi connectivity index (χ0v) is 31.3. The van der Waals surface area contributed by atoms with Gasteiger partial charge in [0.1, 0.15) is 24.2 Å². The van der Waals surface area contributed by atoms with E-state index in [9.17, 15) is 10.1 Å². The van der Waals surface area contributed by atoms with Crippen molar-refractivity contribution in [1.29, 1.82) is 5.26 Å². The molecular formula is C39H52Cl2N6O3. The molecule has 9 nitrogen and oxygen atoms in total. The van der Waals surface area contributed by atoms with E-state index in [4.69, 9.17) is 32.7 Å². The smallest absolute Gasteiger partial charge is 0.224 e. The fourth-order valence-corrected chi connectivity index (χ4v) is 8.24. The number of nitrogens with one attached hydrogen (secondary N) is 3. The summed E-state index contributed by atoms with van der Waals surface area (Å²) < 4.78 is 12.2. The molecule has 3 aromatic rings. The summed E-state index contributed by atoms with van der Waals surface area (Å²) in [6, 6.07) is 11.5. The fourth-order valence-electron chi connectivity index (χ4n) is 7.49. The minimum atomic E-state index is -0.107. The normalized spacial score (nSPS) is 19.5. The second-order valence-electron chi connectivity index (χ2n) is 14.2. The van der Waals surface area contributed by atoms with Crippen LogP contribution in [0.5, 0.6) is 11.5 Å². The molecule has 1 amide bonds. The Hall–Kier alpha value is -3.29. The van der Waals surface area contributed by atoms with Crippen LogP contribution in [0.1, 0.15) is 96.0 Å². The van der Waals surface area contributed by atoms with Gasteiger partial charge in [-0.25, -0.2) is 0 Å². The molecule has 50 heavy (non-hydrogen) atoms. The molecule has 1 spiro atoms. The van der Waals surface area contributed by atoms with Crippen molar-refractivity contribution < 1.29 is 14.3 Å². The van der Waals surface area contributed by atoms with Crippen molar-refractivity contribution in [3.63, 3.8) is 0 Å². The van der Waals surface area contributed by atoms with Crippen molar-refractivity contribution in [3.8, 4) is 17.6 Å². The van der Waals surface area contributed by atoms with Crippen LogP contribution in [0, 0.1) is 16.7 Å². The first-order valence-corrected chi connectivity index (χ1v) is 19.0. The molecule has 5 rings (SSSR count). The Balaban J connectivity index is 1.31. The van der Waals surface area contributed by atoms with Crippen molar-refractivity contribution in [3.05, 3.63) is 47.1 Å². The number of amides is 1. The van der Waals surface area contributed by atoms with Crippen LogP contribution in [0.2, 0.25) is 5.02 Å². The Morgan fingerprint density at radius 3 is 2.48 bits per heavy atom. The van der Waals surface area contributed by atoms with Crippen molar-refractivity contribution >= 4 is 57.1 Å². The van der Waals surface area contributed by atoms with E-state index in [0.717, 1.165) is 25.8 Å². The molecule has 1 aliphatic heterocycles. The van der Waals surface area contributed by atoms with E-state index in [-0.39, 0.29) is 22.9 Å². The number of halogens is 2. The van der Waals surface area contributed by atoms with E-state index >= 15 is 0 Å². The zero-order chi connectivity index (χ0) is 35.5. The third-order valence-electron chi connectivity index (χ3n) is 9.94. The molecule has 3 N–H and O–H groups in total. The van der Waals surface area contributed by atoms with Gasteiger partial charge in [-0.15, -0.1) is 11.6 Å². The number of aromatic nitrogens is 1. The molecule has 1 aliphatic carbocycles. The van der Waals surface area contributed by atoms with E-state index in [1.807, 2.05) is 44.1 Å². The molecule has 0 bridgehead atoms. The highest BCUT2D eigenvalue weighted by Gasteiger charge is 2.39. The van der Waals surface area contributed by atoms with E-state index in [2.05, 4.69) is 27.0 Å². The van der Waals surface area contributed by atoms with Crippen LogP contribution in [0.15, 0.2) is 36.5 Å². The summed E-state index contributed by atoms with van der Waals surface area (Å²) in [7, 11) is 3.96. The van der Waals surface area contributed by atoms with Crippen LogP contribution in [0.25, 0.3) is 10.9 Å². The summed E-state index contributed by atoms with van der Waals surface area (Å²) in [5.74, 6) is 1.01. The number of ether oxygens (including phenoxy) is 2. The summed E-state index contributed by atoms with van der Waals surface area (Å²) >= 11 is 13.6. The van der Waals surface area contributed by atoms with Gasteiger partial charge in [-0.3, -0.25) is 15.1 Å². The van der Waals surface area contributed by atoms with Crippen molar-refractivity contribution in [1.82, 2.24) is 15.2 Å². The van der Waals surface area contributed by atoms with Gasteiger partial charge in [0.25, 0.3) is 0 Å². The number of nitrogens with zero attached hydrogens (tertiary/aromatic N) is 3.